The Morgan fingerprint density at radius 1 is 1.15 bits per heavy atom. The highest BCUT2D eigenvalue weighted by molar-refractivity contribution is 9.10. The highest BCUT2D eigenvalue weighted by Gasteiger charge is 2.14. The van der Waals surface area contributed by atoms with Gasteiger partial charge in [-0.15, -0.1) is 0 Å². The van der Waals surface area contributed by atoms with Crippen molar-refractivity contribution in [2.45, 2.75) is 12.3 Å². The topological polar surface area (TPSA) is 12.0 Å². The van der Waals surface area contributed by atoms with Crippen molar-refractivity contribution < 1.29 is 0 Å². The van der Waals surface area contributed by atoms with Gasteiger partial charge < -0.3 is 5.32 Å². The zero-order valence-corrected chi connectivity index (χ0v) is 14.3. The van der Waals surface area contributed by atoms with Crippen LogP contribution >= 0.6 is 39.1 Å². The number of hydrogen-bond donors (Lipinski definition) is 1. The fraction of sp³-hybridized carbons (Fsp3) is 0.250. The largest absolute Gasteiger partial charge is 0.319 e. The van der Waals surface area contributed by atoms with Gasteiger partial charge in [-0.2, -0.15) is 0 Å². The van der Waals surface area contributed by atoms with Gasteiger partial charge in [0.1, 0.15) is 0 Å². The normalized spacial score (nSPS) is 12.4. The van der Waals surface area contributed by atoms with E-state index in [4.69, 9.17) is 23.2 Å². The lowest BCUT2D eigenvalue weighted by molar-refractivity contribution is 0.625. The van der Waals surface area contributed by atoms with E-state index in [0.29, 0.717) is 5.92 Å². The molecule has 0 bridgehead atoms. The average molecular weight is 373 g/mol. The second-order valence-corrected chi connectivity index (χ2v) is 6.51. The molecule has 1 nitrogen and oxygen atoms in total. The zero-order chi connectivity index (χ0) is 14.5. The molecule has 4 heteroatoms. The Balaban J connectivity index is 2.27. The first-order chi connectivity index (χ1) is 9.60. The van der Waals surface area contributed by atoms with E-state index in [0.717, 1.165) is 33.0 Å². The zero-order valence-electron chi connectivity index (χ0n) is 11.2. The SMILES string of the molecule is CNCC(Cc1cc(Cl)ccc1Cl)c1cccc(Br)c1. The van der Waals surface area contributed by atoms with Crippen molar-refractivity contribution in [1.29, 1.82) is 0 Å². The van der Waals surface area contributed by atoms with E-state index in [1.54, 1.807) is 0 Å². The van der Waals surface area contributed by atoms with Gasteiger partial charge in [-0.05, 0) is 54.9 Å². The maximum atomic E-state index is 6.27. The van der Waals surface area contributed by atoms with Crippen LogP contribution in [0.5, 0.6) is 0 Å². The number of nitrogens with one attached hydrogen (secondary N) is 1. The Morgan fingerprint density at radius 3 is 2.65 bits per heavy atom. The minimum absolute atomic E-state index is 0.355. The van der Waals surface area contributed by atoms with Gasteiger partial charge in [0, 0.05) is 27.0 Å². The standard InChI is InChI=1S/C16H16BrCl2N/c1-20-10-13(11-3-2-4-14(17)8-11)7-12-9-15(18)5-6-16(12)19/h2-6,8-9,13,20H,7,10H2,1H3. The number of rotatable bonds is 5. The third-order valence-electron chi connectivity index (χ3n) is 3.24. The summed E-state index contributed by atoms with van der Waals surface area (Å²) in [5.74, 6) is 0.355. The average Bonchev–Trinajstić information content (AvgIpc) is 2.42. The summed E-state index contributed by atoms with van der Waals surface area (Å²) < 4.78 is 1.09. The smallest absolute Gasteiger partial charge is 0.0439 e. The Hall–Kier alpha value is -0.540. The molecular formula is C16H16BrCl2N. The van der Waals surface area contributed by atoms with Crippen LogP contribution in [0.2, 0.25) is 10.0 Å². The summed E-state index contributed by atoms with van der Waals surface area (Å²) in [4.78, 5) is 0. The summed E-state index contributed by atoms with van der Waals surface area (Å²) in [6.07, 6.45) is 0.858. The number of likely N-dealkylation sites (N-methyl/N-ethyl adjacent to an activating group) is 1. The molecule has 0 fully saturated rings. The van der Waals surface area contributed by atoms with Gasteiger partial charge in [0.15, 0.2) is 0 Å². The van der Waals surface area contributed by atoms with Gasteiger partial charge in [0.25, 0.3) is 0 Å². The molecule has 0 aliphatic carbocycles. The molecule has 1 atom stereocenters. The van der Waals surface area contributed by atoms with Gasteiger partial charge in [-0.3, -0.25) is 0 Å². The van der Waals surface area contributed by atoms with Crippen LogP contribution in [0.1, 0.15) is 17.0 Å². The maximum Gasteiger partial charge on any atom is 0.0439 e. The number of hydrogen-bond acceptors (Lipinski definition) is 1. The fourth-order valence-electron chi connectivity index (χ4n) is 2.28. The molecule has 0 spiro atoms. The first-order valence-corrected chi connectivity index (χ1v) is 7.99. The van der Waals surface area contributed by atoms with Gasteiger partial charge in [-0.1, -0.05) is 51.3 Å². The predicted molar refractivity (Wildman–Crippen MR) is 91.0 cm³/mol. The Morgan fingerprint density at radius 2 is 1.95 bits per heavy atom. The molecule has 0 aliphatic heterocycles. The van der Waals surface area contributed by atoms with Gasteiger partial charge in [0.05, 0.1) is 0 Å². The Kier molecular flexibility index (Phi) is 5.91. The second kappa shape index (κ2) is 7.46. The number of halogens is 3. The third-order valence-corrected chi connectivity index (χ3v) is 4.34. The molecule has 2 aromatic carbocycles. The van der Waals surface area contributed by atoms with Crippen molar-refractivity contribution >= 4 is 39.1 Å². The molecule has 1 N–H and O–H groups in total. The number of benzene rings is 2. The highest BCUT2D eigenvalue weighted by atomic mass is 79.9. The molecule has 2 rings (SSSR count). The lowest BCUT2D eigenvalue weighted by Crippen LogP contribution is -2.19. The van der Waals surface area contributed by atoms with Crippen molar-refractivity contribution in [3.8, 4) is 0 Å². The van der Waals surface area contributed by atoms with E-state index in [2.05, 4.69) is 39.4 Å². The van der Waals surface area contributed by atoms with E-state index in [1.807, 2.05) is 31.3 Å². The monoisotopic (exact) mass is 371 g/mol. The van der Waals surface area contributed by atoms with Crippen LogP contribution in [0.15, 0.2) is 46.9 Å². The van der Waals surface area contributed by atoms with Crippen LogP contribution in [0.3, 0.4) is 0 Å². The molecular weight excluding hydrogens is 357 g/mol. The molecule has 20 heavy (non-hydrogen) atoms. The molecule has 0 amide bonds. The molecule has 0 radical (unpaired) electrons. The molecule has 0 aromatic heterocycles. The van der Waals surface area contributed by atoms with Crippen LogP contribution in [0.4, 0.5) is 0 Å². The molecule has 0 aliphatic rings. The van der Waals surface area contributed by atoms with Gasteiger partial charge >= 0.3 is 0 Å². The summed E-state index contributed by atoms with van der Waals surface area (Å²) >= 11 is 15.9. The summed E-state index contributed by atoms with van der Waals surface area (Å²) in [6.45, 7) is 0.888. The van der Waals surface area contributed by atoms with Crippen LogP contribution in [0, 0.1) is 0 Å². The Bertz CT molecular complexity index is 586. The third kappa shape index (κ3) is 4.23. The molecule has 1 unspecified atom stereocenters. The van der Waals surface area contributed by atoms with E-state index in [9.17, 15) is 0 Å². The van der Waals surface area contributed by atoms with Gasteiger partial charge in [-0.25, -0.2) is 0 Å². The summed E-state index contributed by atoms with van der Waals surface area (Å²) in [5.41, 5.74) is 2.36. The van der Waals surface area contributed by atoms with Gasteiger partial charge in [0.2, 0.25) is 0 Å². The van der Waals surface area contributed by atoms with Crippen molar-refractivity contribution in [1.82, 2.24) is 5.32 Å². The first-order valence-electron chi connectivity index (χ1n) is 6.44. The maximum absolute atomic E-state index is 6.27. The van der Waals surface area contributed by atoms with Crippen LogP contribution in [-0.4, -0.2) is 13.6 Å². The Labute approximate surface area is 138 Å². The quantitative estimate of drug-likeness (QED) is 0.750. The van der Waals surface area contributed by atoms with Crippen molar-refractivity contribution in [2.24, 2.45) is 0 Å². The van der Waals surface area contributed by atoms with Crippen molar-refractivity contribution in [3.63, 3.8) is 0 Å². The molecule has 0 saturated carbocycles. The van der Waals surface area contributed by atoms with Crippen LogP contribution in [0.25, 0.3) is 0 Å². The van der Waals surface area contributed by atoms with Crippen molar-refractivity contribution in [3.05, 3.63) is 68.1 Å². The summed E-state index contributed by atoms with van der Waals surface area (Å²) in [6, 6.07) is 14.0. The van der Waals surface area contributed by atoms with E-state index in [1.165, 1.54) is 5.56 Å². The molecule has 0 heterocycles. The second-order valence-electron chi connectivity index (χ2n) is 4.75. The van der Waals surface area contributed by atoms with E-state index >= 15 is 0 Å². The van der Waals surface area contributed by atoms with E-state index in [-0.39, 0.29) is 0 Å². The van der Waals surface area contributed by atoms with E-state index < -0.39 is 0 Å². The highest BCUT2D eigenvalue weighted by Crippen LogP contribution is 2.28. The minimum Gasteiger partial charge on any atom is -0.319 e. The molecule has 0 saturated heterocycles. The fourth-order valence-corrected chi connectivity index (χ4v) is 3.09. The summed E-state index contributed by atoms with van der Waals surface area (Å²) in [7, 11) is 1.96. The van der Waals surface area contributed by atoms with Crippen molar-refractivity contribution in [2.75, 3.05) is 13.6 Å². The predicted octanol–water partition coefficient (Wildman–Crippen LogP) is 5.30. The minimum atomic E-state index is 0.355. The molecule has 2 aromatic rings. The molecule has 106 valence electrons. The summed E-state index contributed by atoms with van der Waals surface area (Å²) in [5, 5.41) is 4.74. The van der Waals surface area contributed by atoms with Crippen LogP contribution in [-0.2, 0) is 6.42 Å². The van der Waals surface area contributed by atoms with Crippen LogP contribution < -0.4 is 5.32 Å². The lowest BCUT2D eigenvalue weighted by atomic mass is 9.92. The first kappa shape index (κ1) is 15.8. The lowest BCUT2D eigenvalue weighted by Gasteiger charge is -2.18.